The quantitative estimate of drug-likeness (QED) is 0.778. The highest BCUT2D eigenvalue weighted by molar-refractivity contribution is 6.36. The van der Waals surface area contributed by atoms with E-state index in [-0.39, 0.29) is 21.7 Å². The Hall–Kier alpha value is -1.66. The Morgan fingerprint density at radius 1 is 1.15 bits per heavy atom. The molecular formula is C19H19Cl2FN2O2. The minimum Gasteiger partial charge on any atom is -0.379 e. The third-order valence-corrected chi connectivity index (χ3v) is 4.91. The van der Waals surface area contributed by atoms with Crippen LogP contribution in [0.15, 0.2) is 42.5 Å². The van der Waals surface area contributed by atoms with Crippen molar-refractivity contribution in [2.45, 2.75) is 6.04 Å². The first kappa shape index (κ1) is 19.1. The number of nitrogens with zero attached hydrogens (tertiary/aromatic N) is 1. The Balaban J connectivity index is 1.80. The number of rotatable bonds is 5. The second-order valence-corrected chi connectivity index (χ2v) is 6.91. The van der Waals surface area contributed by atoms with Crippen LogP contribution in [0.4, 0.5) is 4.39 Å². The number of hydrogen-bond donors (Lipinski definition) is 1. The van der Waals surface area contributed by atoms with Gasteiger partial charge in [0.15, 0.2) is 0 Å². The molecule has 0 spiro atoms. The fourth-order valence-electron chi connectivity index (χ4n) is 2.89. The fraction of sp³-hybridized carbons (Fsp3) is 0.316. The number of ether oxygens (including phenoxy) is 1. The molecule has 0 radical (unpaired) electrons. The van der Waals surface area contributed by atoms with Gasteiger partial charge in [-0.3, -0.25) is 9.69 Å². The fourth-order valence-corrected chi connectivity index (χ4v) is 3.36. The summed E-state index contributed by atoms with van der Waals surface area (Å²) < 4.78 is 19.1. The molecule has 2 aromatic rings. The number of morpholine rings is 1. The third-order valence-electron chi connectivity index (χ3n) is 4.31. The first-order valence-electron chi connectivity index (χ1n) is 8.35. The van der Waals surface area contributed by atoms with Crippen LogP contribution in [0.1, 0.15) is 22.0 Å². The predicted molar refractivity (Wildman–Crippen MR) is 100 cm³/mol. The van der Waals surface area contributed by atoms with Gasteiger partial charge in [0.1, 0.15) is 5.82 Å². The van der Waals surface area contributed by atoms with E-state index in [1.165, 1.54) is 6.07 Å². The van der Waals surface area contributed by atoms with Crippen molar-refractivity contribution in [3.8, 4) is 0 Å². The van der Waals surface area contributed by atoms with E-state index in [9.17, 15) is 9.18 Å². The minimum absolute atomic E-state index is 0.0662. The monoisotopic (exact) mass is 396 g/mol. The molecule has 1 atom stereocenters. The SMILES string of the molecule is O=C(NC(CN1CCOCC1)c1ccccc1)c1cc(F)c(Cl)cc1Cl. The number of nitrogens with one attached hydrogen (secondary N) is 1. The van der Waals surface area contributed by atoms with Crippen LogP contribution >= 0.6 is 23.2 Å². The highest BCUT2D eigenvalue weighted by Gasteiger charge is 2.22. The van der Waals surface area contributed by atoms with Gasteiger partial charge in [0.2, 0.25) is 0 Å². The molecule has 1 amide bonds. The van der Waals surface area contributed by atoms with E-state index >= 15 is 0 Å². The Morgan fingerprint density at radius 2 is 1.85 bits per heavy atom. The van der Waals surface area contributed by atoms with Crippen LogP contribution in [0.2, 0.25) is 10.0 Å². The molecular weight excluding hydrogens is 378 g/mol. The van der Waals surface area contributed by atoms with Crippen LogP contribution in [0.5, 0.6) is 0 Å². The highest BCUT2D eigenvalue weighted by Crippen LogP contribution is 2.25. The van der Waals surface area contributed by atoms with Gasteiger partial charge in [0, 0.05) is 19.6 Å². The second kappa shape index (κ2) is 8.82. The molecule has 0 saturated carbocycles. The van der Waals surface area contributed by atoms with Gasteiger partial charge in [-0.1, -0.05) is 53.5 Å². The molecule has 0 bridgehead atoms. The summed E-state index contributed by atoms with van der Waals surface area (Å²) in [6.45, 7) is 3.57. The molecule has 3 rings (SSSR count). The van der Waals surface area contributed by atoms with Gasteiger partial charge < -0.3 is 10.1 Å². The maximum Gasteiger partial charge on any atom is 0.253 e. The summed E-state index contributed by atoms with van der Waals surface area (Å²) in [7, 11) is 0. The van der Waals surface area contributed by atoms with Crippen molar-refractivity contribution < 1.29 is 13.9 Å². The summed E-state index contributed by atoms with van der Waals surface area (Å²) in [6, 6.07) is 11.7. The zero-order valence-electron chi connectivity index (χ0n) is 14.1. The molecule has 1 saturated heterocycles. The van der Waals surface area contributed by atoms with Crippen molar-refractivity contribution in [1.29, 1.82) is 0 Å². The van der Waals surface area contributed by atoms with Crippen molar-refractivity contribution in [2.75, 3.05) is 32.8 Å². The highest BCUT2D eigenvalue weighted by atomic mass is 35.5. The molecule has 7 heteroatoms. The average Bonchev–Trinajstić information content (AvgIpc) is 2.65. The molecule has 1 aliphatic heterocycles. The van der Waals surface area contributed by atoms with Gasteiger partial charge in [0.05, 0.1) is 34.9 Å². The summed E-state index contributed by atoms with van der Waals surface area (Å²) in [4.78, 5) is 14.9. The predicted octanol–water partition coefficient (Wildman–Crippen LogP) is 3.94. The average molecular weight is 397 g/mol. The maximum absolute atomic E-state index is 13.8. The smallest absolute Gasteiger partial charge is 0.253 e. The van der Waals surface area contributed by atoms with Crippen LogP contribution in [-0.2, 0) is 4.74 Å². The van der Waals surface area contributed by atoms with Gasteiger partial charge >= 0.3 is 0 Å². The lowest BCUT2D eigenvalue weighted by molar-refractivity contribution is 0.0332. The van der Waals surface area contributed by atoms with Crippen LogP contribution in [0, 0.1) is 5.82 Å². The van der Waals surface area contributed by atoms with Crippen LogP contribution < -0.4 is 5.32 Å². The summed E-state index contributed by atoms with van der Waals surface area (Å²) in [5.74, 6) is -1.11. The molecule has 1 unspecified atom stereocenters. The number of carbonyl (C=O) groups excluding carboxylic acids is 1. The number of carbonyl (C=O) groups is 1. The van der Waals surface area contributed by atoms with Crippen molar-refractivity contribution in [1.82, 2.24) is 10.2 Å². The van der Waals surface area contributed by atoms with Crippen molar-refractivity contribution in [3.63, 3.8) is 0 Å². The van der Waals surface area contributed by atoms with Gasteiger partial charge in [-0.25, -0.2) is 4.39 Å². The van der Waals surface area contributed by atoms with E-state index in [0.717, 1.165) is 24.7 Å². The Kier molecular flexibility index (Phi) is 6.48. The lowest BCUT2D eigenvalue weighted by Crippen LogP contribution is -2.43. The molecule has 26 heavy (non-hydrogen) atoms. The van der Waals surface area contributed by atoms with E-state index in [4.69, 9.17) is 27.9 Å². The first-order valence-corrected chi connectivity index (χ1v) is 9.10. The standard InChI is InChI=1S/C19H19Cl2FN2O2/c20-15-11-16(21)17(22)10-14(15)19(25)23-18(13-4-2-1-3-5-13)12-24-6-8-26-9-7-24/h1-5,10-11,18H,6-9,12H2,(H,23,25). The van der Waals surface area contributed by atoms with Crippen molar-refractivity contribution >= 4 is 29.1 Å². The Bertz CT molecular complexity index is 768. The molecule has 2 aromatic carbocycles. The zero-order valence-corrected chi connectivity index (χ0v) is 15.6. The summed E-state index contributed by atoms with van der Waals surface area (Å²) in [5, 5.41) is 2.97. The van der Waals surface area contributed by atoms with Crippen LogP contribution in [0.3, 0.4) is 0 Å². The van der Waals surface area contributed by atoms with Crippen LogP contribution in [0.25, 0.3) is 0 Å². The van der Waals surface area contributed by atoms with Gasteiger partial charge in [-0.05, 0) is 17.7 Å². The molecule has 1 heterocycles. The van der Waals surface area contributed by atoms with E-state index < -0.39 is 11.7 Å². The largest absolute Gasteiger partial charge is 0.379 e. The molecule has 0 aliphatic carbocycles. The van der Waals surface area contributed by atoms with Crippen LogP contribution in [-0.4, -0.2) is 43.7 Å². The van der Waals surface area contributed by atoms with Gasteiger partial charge in [0.25, 0.3) is 5.91 Å². The first-order chi connectivity index (χ1) is 12.5. The van der Waals surface area contributed by atoms with Crippen molar-refractivity contribution in [2.24, 2.45) is 0 Å². The van der Waals surface area contributed by atoms with Gasteiger partial charge in [-0.2, -0.15) is 0 Å². The summed E-state index contributed by atoms with van der Waals surface area (Å²) in [5.41, 5.74) is 1.04. The minimum atomic E-state index is -0.675. The molecule has 4 nitrogen and oxygen atoms in total. The summed E-state index contributed by atoms with van der Waals surface area (Å²) >= 11 is 11.8. The van der Waals surface area contributed by atoms with E-state index in [1.807, 2.05) is 30.3 Å². The van der Waals surface area contributed by atoms with E-state index in [2.05, 4.69) is 10.2 Å². The van der Waals surface area contributed by atoms with E-state index in [1.54, 1.807) is 0 Å². The molecule has 138 valence electrons. The number of hydrogen-bond acceptors (Lipinski definition) is 3. The van der Waals surface area contributed by atoms with E-state index in [0.29, 0.717) is 19.8 Å². The third kappa shape index (κ3) is 4.74. The Labute approximate surface area is 161 Å². The maximum atomic E-state index is 13.8. The lowest BCUT2D eigenvalue weighted by atomic mass is 10.1. The van der Waals surface area contributed by atoms with Crippen molar-refractivity contribution in [3.05, 3.63) is 69.5 Å². The Morgan fingerprint density at radius 3 is 2.54 bits per heavy atom. The number of amides is 1. The second-order valence-electron chi connectivity index (χ2n) is 6.10. The zero-order chi connectivity index (χ0) is 18.5. The summed E-state index contributed by atoms with van der Waals surface area (Å²) in [6.07, 6.45) is 0. The number of benzene rings is 2. The molecule has 1 aliphatic rings. The molecule has 1 fully saturated rings. The number of halogens is 3. The molecule has 0 aromatic heterocycles. The topological polar surface area (TPSA) is 41.6 Å². The normalized spacial score (nSPS) is 16.3. The lowest BCUT2D eigenvalue weighted by Gasteiger charge is -2.31. The van der Waals surface area contributed by atoms with Gasteiger partial charge in [-0.15, -0.1) is 0 Å². The molecule has 1 N–H and O–H groups in total.